The van der Waals surface area contributed by atoms with Gasteiger partial charge in [-0.25, -0.2) is 4.21 Å². The summed E-state index contributed by atoms with van der Waals surface area (Å²) >= 11 is -1.91. The van der Waals surface area contributed by atoms with Crippen molar-refractivity contribution in [1.82, 2.24) is 9.78 Å². The van der Waals surface area contributed by atoms with Crippen molar-refractivity contribution in [2.45, 2.75) is 18.5 Å². The largest absolute Gasteiger partial charge is 0.301 e. The van der Waals surface area contributed by atoms with E-state index in [0.717, 1.165) is 0 Å². The highest BCUT2D eigenvalue weighted by Crippen LogP contribution is 2.01. The molecule has 1 N–H and O–H groups in total. The highest BCUT2D eigenvalue weighted by atomic mass is 32.2. The van der Waals surface area contributed by atoms with E-state index < -0.39 is 11.1 Å². The molecule has 1 heterocycles. The van der Waals surface area contributed by atoms with Gasteiger partial charge in [0.1, 0.15) is 0 Å². The van der Waals surface area contributed by atoms with E-state index in [9.17, 15) is 4.21 Å². The second kappa shape index (κ2) is 2.94. The molecule has 0 radical (unpaired) electrons. The molecule has 1 unspecified atom stereocenters. The lowest BCUT2D eigenvalue weighted by molar-refractivity contribution is 0.531. The van der Waals surface area contributed by atoms with Gasteiger partial charge in [0.15, 0.2) is 5.03 Å². The van der Waals surface area contributed by atoms with Crippen LogP contribution in [-0.4, -0.2) is 18.5 Å². The molecule has 0 aliphatic heterocycles. The molecular weight excluding hydrogens is 152 g/mol. The number of aromatic nitrogens is 2. The van der Waals surface area contributed by atoms with E-state index in [0.29, 0.717) is 11.6 Å². The Hall–Kier alpha value is -0.680. The molecular formula is C5H8N2O2S. The first-order valence-electron chi connectivity index (χ1n) is 2.88. The van der Waals surface area contributed by atoms with Gasteiger partial charge in [0.25, 0.3) is 0 Å². The van der Waals surface area contributed by atoms with Gasteiger partial charge in [-0.2, -0.15) is 5.10 Å². The molecule has 0 fully saturated rings. The van der Waals surface area contributed by atoms with Crippen molar-refractivity contribution >= 4 is 11.1 Å². The van der Waals surface area contributed by atoms with Crippen LogP contribution in [-0.2, 0) is 17.6 Å². The minimum Gasteiger partial charge on any atom is -0.301 e. The maximum absolute atomic E-state index is 10.5. The van der Waals surface area contributed by atoms with Gasteiger partial charge in [-0.3, -0.25) is 4.68 Å². The molecule has 1 rings (SSSR count). The Morgan fingerprint density at radius 3 is 3.00 bits per heavy atom. The van der Waals surface area contributed by atoms with Crippen LogP contribution in [0, 0.1) is 0 Å². The Labute approximate surface area is 61.1 Å². The fourth-order valence-corrected chi connectivity index (χ4v) is 1.24. The van der Waals surface area contributed by atoms with Crippen LogP contribution in [0.25, 0.3) is 0 Å². The highest BCUT2D eigenvalue weighted by Gasteiger charge is 2.04. The molecule has 5 heteroatoms. The van der Waals surface area contributed by atoms with Crippen LogP contribution in [0.4, 0.5) is 0 Å². The van der Waals surface area contributed by atoms with Crippen LogP contribution >= 0.6 is 0 Å². The summed E-state index contributed by atoms with van der Waals surface area (Å²) in [7, 11) is 0. The molecule has 56 valence electrons. The molecule has 4 nitrogen and oxygen atoms in total. The van der Waals surface area contributed by atoms with Crippen molar-refractivity contribution < 1.29 is 8.76 Å². The third kappa shape index (κ3) is 1.25. The van der Waals surface area contributed by atoms with Gasteiger partial charge in [-0.05, 0) is 13.0 Å². The predicted molar refractivity (Wildman–Crippen MR) is 36.9 cm³/mol. The maximum atomic E-state index is 10.5. The number of nitrogens with zero attached hydrogens (tertiary/aromatic N) is 2. The first-order valence-corrected chi connectivity index (χ1v) is 3.99. The molecule has 0 aliphatic carbocycles. The second-order valence-corrected chi connectivity index (χ2v) is 2.65. The first-order chi connectivity index (χ1) is 4.75. The molecule has 1 aromatic rings. The zero-order valence-corrected chi connectivity index (χ0v) is 6.34. The van der Waals surface area contributed by atoms with Crippen molar-refractivity contribution in [3.05, 3.63) is 12.3 Å². The summed E-state index contributed by atoms with van der Waals surface area (Å²) in [5.41, 5.74) is 0. The average Bonchev–Trinajstić information content (AvgIpc) is 2.33. The fourth-order valence-electron chi connectivity index (χ4n) is 0.706. The van der Waals surface area contributed by atoms with E-state index in [1.165, 1.54) is 16.9 Å². The van der Waals surface area contributed by atoms with E-state index in [1.54, 1.807) is 0 Å². The Kier molecular flexibility index (Phi) is 2.18. The van der Waals surface area contributed by atoms with Gasteiger partial charge in [0.2, 0.25) is 11.1 Å². The molecule has 0 aromatic carbocycles. The Bertz CT molecular complexity index is 246. The first kappa shape index (κ1) is 7.43. The number of aryl methyl sites for hydroxylation is 1. The van der Waals surface area contributed by atoms with Crippen LogP contribution in [0.1, 0.15) is 6.92 Å². The van der Waals surface area contributed by atoms with Crippen molar-refractivity contribution in [1.29, 1.82) is 0 Å². The van der Waals surface area contributed by atoms with Crippen molar-refractivity contribution in [3.63, 3.8) is 0 Å². The van der Waals surface area contributed by atoms with Gasteiger partial charge in [-0.15, -0.1) is 0 Å². The predicted octanol–water partition coefficient (Wildman–Crippen LogP) is 0.484. The van der Waals surface area contributed by atoms with Gasteiger partial charge >= 0.3 is 0 Å². The van der Waals surface area contributed by atoms with Crippen LogP contribution < -0.4 is 0 Å². The summed E-state index contributed by atoms with van der Waals surface area (Å²) in [4.78, 5) is 0. The topological polar surface area (TPSA) is 55.1 Å². The zero-order valence-electron chi connectivity index (χ0n) is 5.52. The quantitative estimate of drug-likeness (QED) is 0.640. The van der Waals surface area contributed by atoms with Gasteiger partial charge < -0.3 is 4.55 Å². The zero-order chi connectivity index (χ0) is 7.56. The SMILES string of the molecule is CCn1nccc1S(=O)O. The second-order valence-electron chi connectivity index (χ2n) is 1.73. The smallest absolute Gasteiger partial charge is 0.205 e. The molecule has 0 saturated carbocycles. The summed E-state index contributed by atoms with van der Waals surface area (Å²) in [6, 6.07) is 1.53. The third-order valence-electron chi connectivity index (χ3n) is 1.16. The van der Waals surface area contributed by atoms with E-state index in [2.05, 4.69) is 5.10 Å². The Morgan fingerprint density at radius 2 is 2.60 bits per heavy atom. The molecule has 1 atom stereocenters. The van der Waals surface area contributed by atoms with Crippen LogP contribution in [0.5, 0.6) is 0 Å². The number of rotatable bonds is 2. The minimum atomic E-state index is -1.91. The summed E-state index contributed by atoms with van der Waals surface area (Å²) < 4.78 is 20.6. The lowest BCUT2D eigenvalue weighted by Gasteiger charge is -1.97. The van der Waals surface area contributed by atoms with E-state index in [4.69, 9.17) is 4.55 Å². The van der Waals surface area contributed by atoms with Crippen molar-refractivity contribution in [2.75, 3.05) is 0 Å². The summed E-state index contributed by atoms with van der Waals surface area (Å²) in [5, 5.41) is 4.17. The van der Waals surface area contributed by atoms with Gasteiger partial charge in [-0.1, -0.05) is 0 Å². The van der Waals surface area contributed by atoms with Gasteiger partial charge in [0.05, 0.1) is 6.20 Å². The van der Waals surface area contributed by atoms with Crippen LogP contribution in [0.3, 0.4) is 0 Å². The van der Waals surface area contributed by atoms with E-state index in [1.807, 2.05) is 6.92 Å². The van der Waals surface area contributed by atoms with Gasteiger partial charge in [0, 0.05) is 6.54 Å². The molecule has 0 saturated heterocycles. The molecule has 1 aromatic heterocycles. The number of hydrogen-bond donors (Lipinski definition) is 1. The average molecular weight is 160 g/mol. The van der Waals surface area contributed by atoms with E-state index >= 15 is 0 Å². The fraction of sp³-hybridized carbons (Fsp3) is 0.400. The Morgan fingerprint density at radius 1 is 1.90 bits per heavy atom. The van der Waals surface area contributed by atoms with Crippen LogP contribution in [0.2, 0.25) is 0 Å². The molecule has 0 amide bonds. The summed E-state index contributed by atoms with van der Waals surface area (Å²) in [6.45, 7) is 2.48. The molecule has 0 spiro atoms. The van der Waals surface area contributed by atoms with Crippen molar-refractivity contribution in [3.8, 4) is 0 Å². The third-order valence-corrected chi connectivity index (χ3v) is 1.86. The summed E-state index contributed by atoms with van der Waals surface area (Å²) in [5.74, 6) is 0. The lowest BCUT2D eigenvalue weighted by Crippen LogP contribution is -2.03. The molecule has 10 heavy (non-hydrogen) atoms. The summed E-state index contributed by atoms with van der Waals surface area (Å²) in [6.07, 6.45) is 1.51. The maximum Gasteiger partial charge on any atom is 0.205 e. The molecule has 0 aliphatic rings. The Balaban J connectivity index is 3.01. The normalized spacial score (nSPS) is 13.4. The van der Waals surface area contributed by atoms with Crippen LogP contribution in [0.15, 0.2) is 17.3 Å². The lowest BCUT2D eigenvalue weighted by atomic mass is 10.7. The standard InChI is InChI=1S/C5H8N2O2S/c1-2-7-5(10(8)9)3-4-6-7/h3-4H,2H2,1H3,(H,8,9). The number of hydrogen-bond acceptors (Lipinski definition) is 2. The minimum absolute atomic E-state index is 0.350. The monoisotopic (exact) mass is 160 g/mol. The molecule has 0 bridgehead atoms. The van der Waals surface area contributed by atoms with Crippen molar-refractivity contribution in [2.24, 2.45) is 0 Å². The highest BCUT2D eigenvalue weighted by molar-refractivity contribution is 7.79. The van der Waals surface area contributed by atoms with E-state index in [-0.39, 0.29) is 0 Å².